The van der Waals surface area contributed by atoms with Gasteiger partial charge in [-0.3, -0.25) is 14.5 Å². The minimum Gasteiger partial charge on any atom is -0.489 e. The Morgan fingerprint density at radius 2 is 1.91 bits per heavy atom. The quantitative estimate of drug-likeness (QED) is 0.247. The van der Waals surface area contributed by atoms with Gasteiger partial charge in [0.25, 0.3) is 5.91 Å². The number of alkyl halides is 1. The number of ketones is 1. The highest BCUT2D eigenvalue weighted by molar-refractivity contribution is 14.1. The normalized spacial score (nSPS) is 31.0. The van der Waals surface area contributed by atoms with Gasteiger partial charge < -0.3 is 19.7 Å². The highest BCUT2D eigenvalue weighted by Gasteiger charge is 2.45. The number of allylic oxidation sites excluding steroid dienone is 2. The molecule has 4 aliphatic heterocycles. The predicted octanol–water partition coefficient (Wildman–Crippen LogP) is 5.83. The zero-order chi connectivity index (χ0) is 37.8. The lowest BCUT2D eigenvalue weighted by atomic mass is 9.69. The van der Waals surface area contributed by atoms with Crippen LogP contribution in [0.4, 0.5) is 5.82 Å². The Labute approximate surface area is 340 Å². The molecule has 0 unspecified atom stereocenters. The number of ether oxygens (including phenoxy) is 2. The second-order valence-electron chi connectivity index (χ2n) is 15.2. The van der Waals surface area contributed by atoms with E-state index < -0.39 is 21.2 Å². The van der Waals surface area contributed by atoms with Crippen molar-refractivity contribution in [3.8, 4) is 5.75 Å². The number of hydrogen-bond donors (Lipinski definition) is 2. The van der Waals surface area contributed by atoms with Crippen molar-refractivity contribution >= 4 is 61.7 Å². The molecule has 1 aromatic carbocycles. The van der Waals surface area contributed by atoms with Crippen molar-refractivity contribution in [2.45, 2.75) is 76.5 Å². The topological polar surface area (TPSA) is 130 Å². The molecule has 11 nitrogen and oxygen atoms in total. The molecule has 1 amide bonds. The molecule has 1 aromatic heterocycles. The van der Waals surface area contributed by atoms with Crippen molar-refractivity contribution < 1.29 is 27.5 Å². The highest BCUT2D eigenvalue weighted by atomic mass is 127. The van der Waals surface area contributed by atoms with E-state index in [2.05, 4.69) is 48.5 Å². The number of aryl methyl sites for hydroxylation is 1. The first kappa shape index (κ1) is 42.8. The SMILES string of the molecule is C.C1CN2CCOC[C@@H]2CN1.CI.C[C@@H]1[C@@H](C)C/C=C/C(=O)[C@@H]2CC[C@H]2CN2C[C@@]3(CCCc4cc(Cl)ccc43)COc3ccc(nc32)C(=O)NS1(=O)=O. The smallest absolute Gasteiger partial charge is 0.283 e. The number of nitrogens with zero attached hydrogens (tertiary/aromatic N) is 3. The number of carbonyl (C=O) groups excluding carboxylic acids is 2. The number of anilines is 1. The summed E-state index contributed by atoms with van der Waals surface area (Å²) in [6, 6.07) is 9.96. The fraction of sp³-hybridized carbons (Fsp3) is 0.625. The molecule has 0 radical (unpaired) electrons. The van der Waals surface area contributed by atoms with Crippen LogP contribution < -0.4 is 19.7 Å². The van der Waals surface area contributed by atoms with Gasteiger partial charge >= 0.3 is 0 Å². The molecule has 8 rings (SSSR count). The summed E-state index contributed by atoms with van der Waals surface area (Å²) in [5.41, 5.74) is 2.13. The molecule has 1 spiro atoms. The molecular formula is C40H57ClIN5O6S. The lowest BCUT2D eigenvalue weighted by Crippen LogP contribution is -2.56. The minimum absolute atomic E-state index is 0. The van der Waals surface area contributed by atoms with E-state index in [0.717, 1.165) is 65.0 Å². The van der Waals surface area contributed by atoms with Gasteiger partial charge in [-0.25, -0.2) is 18.1 Å². The number of sulfonamides is 1. The molecule has 2 aliphatic carbocycles. The lowest BCUT2D eigenvalue weighted by molar-refractivity contribution is -0.122. The summed E-state index contributed by atoms with van der Waals surface area (Å²) >= 11 is 8.51. The first-order chi connectivity index (χ1) is 25.5. The number of aromatic nitrogens is 1. The monoisotopic (exact) mass is 897 g/mol. The molecule has 298 valence electrons. The fourth-order valence-electron chi connectivity index (χ4n) is 8.51. The van der Waals surface area contributed by atoms with Crippen molar-refractivity contribution in [2.75, 3.05) is 68.9 Å². The summed E-state index contributed by atoms with van der Waals surface area (Å²) in [6.07, 6.45) is 8.44. The first-order valence-corrected chi connectivity index (χ1v) is 23.0. The molecule has 2 aromatic rings. The van der Waals surface area contributed by atoms with E-state index in [1.165, 1.54) is 23.7 Å². The third-order valence-electron chi connectivity index (χ3n) is 12.0. The average Bonchev–Trinajstić information content (AvgIpc) is 3.30. The van der Waals surface area contributed by atoms with Crippen LogP contribution in [0.3, 0.4) is 0 Å². The number of hydrogen-bond acceptors (Lipinski definition) is 10. The van der Waals surface area contributed by atoms with Crippen LogP contribution >= 0.6 is 34.2 Å². The van der Waals surface area contributed by atoms with Crippen molar-refractivity contribution in [2.24, 2.45) is 17.8 Å². The second kappa shape index (κ2) is 18.8. The summed E-state index contributed by atoms with van der Waals surface area (Å²) in [5, 5.41) is 3.24. The van der Waals surface area contributed by atoms with Gasteiger partial charge in [-0.1, -0.05) is 60.7 Å². The molecule has 6 atom stereocenters. The Kier molecular flexibility index (Phi) is 14.9. The number of halogens is 2. The van der Waals surface area contributed by atoms with Crippen molar-refractivity contribution in [1.82, 2.24) is 19.9 Å². The Balaban J connectivity index is 0.000000368. The van der Waals surface area contributed by atoms with E-state index in [1.54, 1.807) is 25.1 Å². The van der Waals surface area contributed by atoms with Crippen molar-refractivity contribution in [3.63, 3.8) is 0 Å². The van der Waals surface area contributed by atoms with Gasteiger partial charge in [-0.15, -0.1) is 0 Å². The number of pyridine rings is 1. The maximum atomic E-state index is 13.2. The Bertz CT molecular complexity index is 1750. The highest BCUT2D eigenvalue weighted by Crippen LogP contribution is 2.45. The second-order valence-corrected chi connectivity index (χ2v) is 17.7. The van der Waals surface area contributed by atoms with E-state index in [-0.39, 0.29) is 42.1 Å². The molecule has 5 heterocycles. The van der Waals surface area contributed by atoms with Crippen LogP contribution in [0.25, 0.3) is 0 Å². The van der Waals surface area contributed by atoms with Crippen LogP contribution in [0.2, 0.25) is 5.02 Å². The third kappa shape index (κ3) is 9.45. The Morgan fingerprint density at radius 3 is 2.67 bits per heavy atom. The molecule has 54 heavy (non-hydrogen) atoms. The van der Waals surface area contributed by atoms with Crippen LogP contribution in [-0.4, -0.2) is 105 Å². The van der Waals surface area contributed by atoms with Crippen LogP contribution in [0, 0.1) is 17.8 Å². The van der Waals surface area contributed by atoms with Crippen molar-refractivity contribution in [3.05, 3.63) is 64.3 Å². The number of nitrogens with one attached hydrogen (secondary N) is 2. The summed E-state index contributed by atoms with van der Waals surface area (Å²) in [4.78, 5) is 37.8. The van der Waals surface area contributed by atoms with E-state index in [0.29, 0.717) is 48.7 Å². The van der Waals surface area contributed by atoms with Gasteiger partial charge in [0.05, 0.1) is 25.1 Å². The molecule has 2 saturated heterocycles. The Morgan fingerprint density at radius 1 is 1.09 bits per heavy atom. The van der Waals surface area contributed by atoms with Crippen LogP contribution in [0.5, 0.6) is 5.75 Å². The molecule has 14 heteroatoms. The summed E-state index contributed by atoms with van der Waals surface area (Å²) in [7, 11) is -3.97. The zero-order valence-corrected chi connectivity index (χ0v) is 34.7. The minimum atomic E-state index is -3.97. The molecule has 1 saturated carbocycles. The molecule has 2 N–H and O–H groups in total. The third-order valence-corrected chi connectivity index (χ3v) is 14.1. The number of fused-ring (bicyclic) bond motifs is 5. The molecule has 3 fully saturated rings. The van der Waals surface area contributed by atoms with Gasteiger partial charge in [0.1, 0.15) is 5.69 Å². The van der Waals surface area contributed by atoms with Gasteiger partial charge in [0.2, 0.25) is 10.0 Å². The maximum absolute atomic E-state index is 13.2. The molecular weight excluding hydrogens is 841 g/mol. The van der Waals surface area contributed by atoms with Crippen LogP contribution in [-0.2, 0) is 31.4 Å². The maximum Gasteiger partial charge on any atom is 0.283 e. The number of amides is 1. The number of piperazine rings is 1. The van der Waals surface area contributed by atoms with E-state index in [9.17, 15) is 18.0 Å². The average molecular weight is 898 g/mol. The van der Waals surface area contributed by atoms with E-state index in [4.69, 9.17) is 26.1 Å². The van der Waals surface area contributed by atoms with Crippen molar-refractivity contribution in [1.29, 1.82) is 0 Å². The zero-order valence-electron chi connectivity index (χ0n) is 31.0. The van der Waals surface area contributed by atoms with Gasteiger partial charge in [-0.05, 0) is 104 Å². The van der Waals surface area contributed by atoms with Gasteiger partial charge in [0.15, 0.2) is 17.4 Å². The lowest BCUT2D eigenvalue weighted by Gasteiger charge is -2.43. The van der Waals surface area contributed by atoms with Gasteiger partial charge in [-0.2, -0.15) is 0 Å². The summed E-state index contributed by atoms with van der Waals surface area (Å²) in [5.74, 6) is 0.147. The number of carbonyl (C=O) groups is 2. The van der Waals surface area contributed by atoms with E-state index >= 15 is 0 Å². The summed E-state index contributed by atoms with van der Waals surface area (Å²) in [6.45, 7) is 11.5. The first-order valence-electron chi connectivity index (χ1n) is 18.9. The number of benzene rings is 1. The fourth-order valence-corrected chi connectivity index (χ4v) is 9.98. The standard InChI is InChI=1S/C31H36ClN3O5S.C7H14N2O.CH3I.CH4/c1-19-5-3-7-27(36)24-10-8-22(24)16-35-17-31(14-4-6-21-15-23(32)9-11-25(21)31)18-40-28-13-12-26(33-29(28)35)30(37)34-41(38,39)20(19)2;1-2-9-3-4-10-6-7(9)5-8-1;1-2;/h3,7,9,11-13,15,19-20,22,24H,4-6,8,10,14,16-18H2,1-2H3,(H,34,37);7-8H,1-6H2;1H3;1H4/b7-3+;;;/t19-,20+,22-,24+,31-;7-;;/m00../s1. The molecule has 2 bridgehead atoms. The largest absolute Gasteiger partial charge is 0.489 e. The van der Waals surface area contributed by atoms with E-state index in [1.807, 2.05) is 24.0 Å². The number of morpholine rings is 1. The van der Waals surface area contributed by atoms with Gasteiger partial charge in [0, 0.05) is 61.7 Å². The number of rotatable bonds is 0. The Hall–Kier alpha value is -2.30. The van der Waals surface area contributed by atoms with Crippen LogP contribution in [0.1, 0.15) is 75.0 Å². The molecule has 6 aliphatic rings. The predicted molar refractivity (Wildman–Crippen MR) is 224 cm³/mol. The van der Waals surface area contributed by atoms with Crippen LogP contribution in [0.15, 0.2) is 42.5 Å². The summed E-state index contributed by atoms with van der Waals surface area (Å²) < 4.78 is 40.2.